The number of hydrogen-bond acceptors (Lipinski definition) is 9. The Bertz CT molecular complexity index is 1350. The Morgan fingerprint density at radius 1 is 1.12 bits per heavy atom. The summed E-state index contributed by atoms with van der Waals surface area (Å²) in [6, 6.07) is 6.83. The lowest BCUT2D eigenvalue weighted by molar-refractivity contribution is -0.393. The van der Waals surface area contributed by atoms with Crippen LogP contribution in [0, 0.1) is 34.1 Å². The number of amides is 1. The van der Waals surface area contributed by atoms with E-state index in [1.807, 2.05) is 13.0 Å². The third kappa shape index (κ3) is 4.46. The number of aromatic nitrogens is 1. The smallest absolute Gasteiger partial charge is 0.301 e. The Balaban J connectivity index is 1.63. The molecule has 0 spiro atoms. The van der Waals surface area contributed by atoms with E-state index in [1.54, 1.807) is 19.2 Å². The standard InChI is InChI=1S/C22H20N6O6/c1-12-8-9-23-19(10-12)24-22(29)21-13(2)20-16(4-3-5-18(20)34-21)26-25-15-7-6-14(27(30)31)11-17(15)28(32)33/h6-11,25H,3-5H2,1-2H3,(H,23,24,29)/b26-16+. The number of nitro benzene ring substituents is 2. The number of anilines is 2. The molecule has 4 rings (SSSR count). The van der Waals surface area contributed by atoms with Crippen molar-refractivity contribution < 1.29 is 19.1 Å². The molecular weight excluding hydrogens is 444 g/mol. The Labute approximate surface area is 193 Å². The van der Waals surface area contributed by atoms with Gasteiger partial charge in [-0.25, -0.2) is 4.98 Å². The van der Waals surface area contributed by atoms with Gasteiger partial charge >= 0.3 is 5.69 Å². The number of pyridine rings is 1. The van der Waals surface area contributed by atoms with Crippen LogP contribution in [0.15, 0.2) is 46.0 Å². The van der Waals surface area contributed by atoms with Crippen molar-refractivity contribution in [3.8, 4) is 0 Å². The Kier molecular flexibility index (Phi) is 6.04. The molecule has 12 nitrogen and oxygen atoms in total. The van der Waals surface area contributed by atoms with Crippen LogP contribution >= 0.6 is 0 Å². The van der Waals surface area contributed by atoms with Gasteiger partial charge in [0.25, 0.3) is 11.6 Å². The Hall–Kier alpha value is -4.61. The number of furan rings is 1. The number of non-ortho nitro benzene ring substituents is 1. The molecule has 0 saturated carbocycles. The molecular formula is C22H20N6O6. The fourth-order valence-electron chi connectivity index (χ4n) is 3.78. The van der Waals surface area contributed by atoms with Gasteiger partial charge in [0.2, 0.25) is 0 Å². The normalized spacial score (nSPS) is 13.9. The van der Waals surface area contributed by atoms with Gasteiger partial charge in [0, 0.05) is 29.8 Å². The van der Waals surface area contributed by atoms with Gasteiger partial charge in [-0.2, -0.15) is 5.10 Å². The lowest BCUT2D eigenvalue weighted by atomic mass is 9.93. The third-order valence-corrected chi connectivity index (χ3v) is 5.39. The largest absolute Gasteiger partial charge is 0.455 e. The summed E-state index contributed by atoms with van der Waals surface area (Å²) in [5.41, 5.74) is 4.59. The number of nitrogens with zero attached hydrogens (tertiary/aromatic N) is 4. The number of fused-ring (bicyclic) bond motifs is 1. The summed E-state index contributed by atoms with van der Waals surface area (Å²) in [5, 5.41) is 29.4. The molecule has 0 saturated heterocycles. The fourth-order valence-corrected chi connectivity index (χ4v) is 3.78. The van der Waals surface area contributed by atoms with Gasteiger partial charge in [-0.3, -0.25) is 30.4 Å². The first-order valence-corrected chi connectivity index (χ1v) is 10.4. The van der Waals surface area contributed by atoms with Crippen molar-refractivity contribution in [1.82, 2.24) is 4.98 Å². The van der Waals surface area contributed by atoms with Crippen molar-refractivity contribution in [1.29, 1.82) is 0 Å². The van der Waals surface area contributed by atoms with E-state index >= 15 is 0 Å². The summed E-state index contributed by atoms with van der Waals surface area (Å²) >= 11 is 0. The lowest BCUT2D eigenvalue weighted by Gasteiger charge is -2.13. The van der Waals surface area contributed by atoms with Crippen LogP contribution in [-0.4, -0.2) is 26.4 Å². The molecule has 2 N–H and O–H groups in total. The van der Waals surface area contributed by atoms with Crippen LogP contribution in [0.5, 0.6) is 0 Å². The van der Waals surface area contributed by atoms with E-state index in [0.29, 0.717) is 47.7 Å². The first-order chi connectivity index (χ1) is 16.2. The molecule has 1 aliphatic carbocycles. The highest BCUT2D eigenvalue weighted by atomic mass is 16.6. The topological polar surface area (TPSA) is 166 Å². The van der Waals surface area contributed by atoms with Gasteiger partial charge in [0.1, 0.15) is 17.3 Å². The number of nitro groups is 2. The van der Waals surface area contributed by atoms with Gasteiger partial charge in [-0.05, 0) is 50.5 Å². The molecule has 0 fully saturated rings. The molecule has 2 aromatic heterocycles. The van der Waals surface area contributed by atoms with Crippen LogP contribution in [0.25, 0.3) is 0 Å². The molecule has 0 aliphatic heterocycles. The Morgan fingerprint density at radius 3 is 2.62 bits per heavy atom. The number of rotatable bonds is 6. The van der Waals surface area contributed by atoms with E-state index in [1.165, 1.54) is 6.07 Å². The first kappa shape index (κ1) is 22.6. The lowest BCUT2D eigenvalue weighted by Crippen LogP contribution is -2.15. The minimum atomic E-state index is -0.716. The summed E-state index contributed by atoms with van der Waals surface area (Å²) in [5.74, 6) is 0.706. The third-order valence-electron chi connectivity index (χ3n) is 5.39. The summed E-state index contributed by atoms with van der Waals surface area (Å²) in [7, 11) is 0. The molecule has 1 amide bonds. The van der Waals surface area contributed by atoms with Crippen molar-refractivity contribution >= 4 is 34.5 Å². The number of carbonyl (C=O) groups is 1. The number of nitrogens with one attached hydrogen (secondary N) is 2. The van der Waals surface area contributed by atoms with Crippen molar-refractivity contribution in [2.24, 2.45) is 5.10 Å². The number of aryl methyl sites for hydroxylation is 2. The van der Waals surface area contributed by atoms with Crippen molar-refractivity contribution in [2.75, 3.05) is 10.7 Å². The van der Waals surface area contributed by atoms with Crippen LogP contribution in [-0.2, 0) is 6.42 Å². The second kappa shape index (κ2) is 9.10. The first-order valence-electron chi connectivity index (χ1n) is 10.4. The maximum absolute atomic E-state index is 12.8. The van der Waals surface area contributed by atoms with Crippen LogP contribution in [0.4, 0.5) is 22.9 Å². The van der Waals surface area contributed by atoms with Gasteiger partial charge < -0.3 is 9.73 Å². The van der Waals surface area contributed by atoms with Crippen molar-refractivity contribution in [2.45, 2.75) is 33.1 Å². The average Bonchev–Trinajstić information content (AvgIpc) is 3.14. The van der Waals surface area contributed by atoms with E-state index < -0.39 is 27.1 Å². The van der Waals surface area contributed by atoms with Crippen LogP contribution in [0.2, 0.25) is 0 Å². The quantitative estimate of drug-likeness (QED) is 0.397. The predicted octanol–water partition coefficient (Wildman–Crippen LogP) is 4.51. The summed E-state index contributed by atoms with van der Waals surface area (Å²) in [4.78, 5) is 37.9. The maximum atomic E-state index is 12.8. The van der Waals surface area contributed by atoms with Gasteiger partial charge in [0.05, 0.1) is 21.6 Å². The predicted molar refractivity (Wildman–Crippen MR) is 123 cm³/mol. The molecule has 0 bridgehead atoms. The second-order valence-corrected chi connectivity index (χ2v) is 7.77. The van der Waals surface area contributed by atoms with Crippen LogP contribution < -0.4 is 10.7 Å². The summed E-state index contributed by atoms with van der Waals surface area (Å²) < 4.78 is 5.86. The molecule has 34 heavy (non-hydrogen) atoms. The maximum Gasteiger partial charge on any atom is 0.301 e. The van der Waals surface area contributed by atoms with Gasteiger partial charge in [-0.15, -0.1) is 0 Å². The highest BCUT2D eigenvalue weighted by molar-refractivity contribution is 6.09. The molecule has 3 aromatic rings. The zero-order chi connectivity index (χ0) is 24.4. The zero-order valence-electron chi connectivity index (χ0n) is 18.3. The number of hydrazone groups is 1. The van der Waals surface area contributed by atoms with Crippen LogP contribution in [0.1, 0.15) is 45.8 Å². The van der Waals surface area contributed by atoms with Gasteiger partial charge in [-0.1, -0.05) is 0 Å². The minimum Gasteiger partial charge on any atom is -0.455 e. The van der Waals surface area contributed by atoms with Crippen molar-refractivity contribution in [3.63, 3.8) is 0 Å². The Morgan fingerprint density at radius 2 is 1.91 bits per heavy atom. The fraction of sp³-hybridized carbons (Fsp3) is 0.227. The highest BCUT2D eigenvalue weighted by Crippen LogP contribution is 2.32. The number of benzene rings is 1. The molecule has 1 aliphatic rings. The molecule has 1 aromatic carbocycles. The molecule has 12 heteroatoms. The minimum absolute atomic E-state index is 0.0138. The van der Waals surface area contributed by atoms with Crippen LogP contribution in [0.3, 0.4) is 0 Å². The summed E-state index contributed by atoms with van der Waals surface area (Å²) in [6.45, 7) is 3.63. The second-order valence-electron chi connectivity index (χ2n) is 7.77. The van der Waals surface area contributed by atoms with E-state index in [2.05, 4.69) is 20.8 Å². The summed E-state index contributed by atoms with van der Waals surface area (Å²) in [6.07, 6.45) is 3.48. The average molecular weight is 464 g/mol. The molecule has 0 unspecified atom stereocenters. The monoisotopic (exact) mass is 464 g/mol. The van der Waals surface area contributed by atoms with Gasteiger partial charge in [0.15, 0.2) is 5.76 Å². The molecule has 2 heterocycles. The molecule has 0 radical (unpaired) electrons. The zero-order valence-corrected chi connectivity index (χ0v) is 18.3. The number of carbonyl (C=O) groups excluding carboxylic acids is 1. The van der Waals surface area contributed by atoms with E-state index in [4.69, 9.17) is 4.42 Å². The van der Waals surface area contributed by atoms with E-state index in [0.717, 1.165) is 17.7 Å². The van der Waals surface area contributed by atoms with E-state index in [9.17, 15) is 25.0 Å². The number of hydrogen-bond donors (Lipinski definition) is 2. The SMILES string of the molecule is Cc1ccnc(NC(=O)c2oc3c(c2C)/C(=N/Nc2ccc([N+](=O)[O-])cc2[N+](=O)[O-])CCC3)c1. The van der Waals surface area contributed by atoms with Crippen molar-refractivity contribution in [3.05, 3.63) is 85.0 Å². The molecule has 0 atom stereocenters. The molecule has 174 valence electrons. The van der Waals surface area contributed by atoms with E-state index in [-0.39, 0.29) is 11.4 Å². The highest BCUT2D eigenvalue weighted by Gasteiger charge is 2.28.